The maximum absolute atomic E-state index is 11.4. The van der Waals surface area contributed by atoms with E-state index >= 15 is 0 Å². The van der Waals surface area contributed by atoms with E-state index in [4.69, 9.17) is 0 Å². The van der Waals surface area contributed by atoms with E-state index in [1.54, 1.807) is 13.0 Å². The Balaban J connectivity index is 0.000000172. The summed E-state index contributed by atoms with van der Waals surface area (Å²) in [6, 6.07) is 74.8. The molecule has 332 valence electrons. The molecular formula is C65H55NO2. The van der Waals surface area contributed by atoms with Crippen molar-refractivity contribution in [1.29, 1.82) is 0 Å². The van der Waals surface area contributed by atoms with Gasteiger partial charge in [0.25, 0.3) is 0 Å². The molecule has 9 aromatic carbocycles. The molecule has 0 spiro atoms. The number of rotatable bonds is 9. The van der Waals surface area contributed by atoms with Crippen LogP contribution in [-0.2, 0) is 11.8 Å². The molecule has 0 fully saturated rings. The van der Waals surface area contributed by atoms with Gasteiger partial charge in [0, 0.05) is 24.0 Å². The number of hydrogen-bond acceptors (Lipinski definition) is 3. The number of aliphatic hydroxyl groups excluding tert-OH is 1. The third kappa shape index (κ3) is 7.95. The van der Waals surface area contributed by atoms with E-state index in [9.17, 15) is 10.2 Å². The zero-order valence-electron chi connectivity index (χ0n) is 39.1. The van der Waals surface area contributed by atoms with Gasteiger partial charge in [0.15, 0.2) is 0 Å². The first-order valence-corrected chi connectivity index (χ1v) is 23.5. The Bertz CT molecular complexity index is 3370. The molecule has 0 saturated carbocycles. The molecule has 1 unspecified atom stereocenters. The van der Waals surface area contributed by atoms with Crippen molar-refractivity contribution in [3.8, 4) is 0 Å². The average molecular weight is 882 g/mol. The number of aryl methyl sites for hydroxylation is 1. The lowest BCUT2D eigenvalue weighted by molar-refractivity contribution is 0.142. The van der Waals surface area contributed by atoms with Crippen LogP contribution in [0.25, 0.3) is 38.8 Å². The molecule has 11 rings (SSSR count). The van der Waals surface area contributed by atoms with Crippen molar-refractivity contribution in [3.05, 3.63) is 292 Å². The Morgan fingerprint density at radius 3 is 1.82 bits per heavy atom. The molecule has 2 aliphatic rings. The van der Waals surface area contributed by atoms with Crippen LogP contribution in [-0.4, -0.2) is 22.9 Å². The Morgan fingerprint density at radius 1 is 0.603 bits per heavy atom. The summed E-state index contributed by atoms with van der Waals surface area (Å²) in [5.74, 6) is 0.149. The molecule has 0 heterocycles. The van der Waals surface area contributed by atoms with Gasteiger partial charge in [-0.25, -0.2) is 0 Å². The van der Waals surface area contributed by atoms with E-state index in [2.05, 4.69) is 202 Å². The van der Waals surface area contributed by atoms with Gasteiger partial charge < -0.3 is 15.1 Å². The Labute approximate surface area is 400 Å². The fraction of sp³-hybridized carbons (Fsp3) is 0.108. The summed E-state index contributed by atoms with van der Waals surface area (Å²) in [6.45, 7) is 6.01. The summed E-state index contributed by atoms with van der Waals surface area (Å²) in [6.07, 6.45) is 9.05. The Hall–Kier alpha value is -7.98. The molecule has 1 atom stereocenters. The van der Waals surface area contributed by atoms with Crippen LogP contribution >= 0.6 is 0 Å². The smallest absolute Gasteiger partial charge is 0.122 e. The van der Waals surface area contributed by atoms with Crippen molar-refractivity contribution in [1.82, 2.24) is 0 Å². The largest absolute Gasteiger partial charge is 0.508 e. The highest BCUT2D eigenvalue weighted by atomic mass is 16.3. The summed E-state index contributed by atoms with van der Waals surface area (Å²) in [5, 5.41) is 27.4. The third-order valence-corrected chi connectivity index (χ3v) is 13.9. The number of aliphatic hydroxyl groups is 2. The van der Waals surface area contributed by atoms with E-state index in [0.717, 1.165) is 39.8 Å². The van der Waals surface area contributed by atoms with E-state index in [-0.39, 0.29) is 5.76 Å². The quantitative estimate of drug-likeness (QED) is 0.112. The second-order valence-corrected chi connectivity index (χ2v) is 18.1. The molecular weight excluding hydrogens is 827 g/mol. The molecule has 3 heteroatoms. The summed E-state index contributed by atoms with van der Waals surface area (Å²) < 4.78 is 0. The number of nitrogens with zero attached hydrogens (tertiary/aromatic N) is 1. The zero-order valence-corrected chi connectivity index (χ0v) is 39.1. The minimum atomic E-state index is -1.25. The molecule has 0 saturated heterocycles. The normalized spacial score (nSPS) is 16.1. The van der Waals surface area contributed by atoms with Gasteiger partial charge in [-0.1, -0.05) is 206 Å². The number of fused-ring (bicyclic) bond motifs is 5. The number of allylic oxidation sites excluding steroid dienone is 4. The van der Waals surface area contributed by atoms with Gasteiger partial charge in [0.05, 0.1) is 5.41 Å². The molecule has 0 radical (unpaired) electrons. The van der Waals surface area contributed by atoms with Gasteiger partial charge in [-0.05, 0) is 140 Å². The van der Waals surface area contributed by atoms with Crippen molar-refractivity contribution >= 4 is 50.1 Å². The standard InChI is InChI=1S/C40H35N.C25H20O2/c1-4-31(19-20-32-12-6-5-11-29(32)2)33-21-25-37(26-22-33)41(3)36-23-17-30(18-24-36)27-35-28-34-13-7-8-14-38(34)40-16-10-9-15-39(35)40;1-24(27)16-21(26)22-19-14-8-9-15-20(19)25(23(22)24,17-10-4-2-5-11-17)18-12-6-3-7-13-18/h4-26,28H,27H2,1-3H3;2-16,26-27H,1H3/b20-19-,31-4+;. The fourth-order valence-electron chi connectivity index (χ4n) is 10.6. The molecule has 0 bridgehead atoms. The number of benzene rings is 9. The van der Waals surface area contributed by atoms with Crippen molar-refractivity contribution < 1.29 is 10.2 Å². The summed E-state index contributed by atoms with van der Waals surface area (Å²) in [7, 11) is 2.13. The first kappa shape index (κ1) is 43.9. The van der Waals surface area contributed by atoms with Gasteiger partial charge >= 0.3 is 0 Å². The average Bonchev–Trinajstić information content (AvgIpc) is 3.84. The molecule has 9 aromatic rings. The maximum atomic E-state index is 11.4. The van der Waals surface area contributed by atoms with Gasteiger partial charge in [-0.2, -0.15) is 0 Å². The van der Waals surface area contributed by atoms with Crippen molar-refractivity contribution in [3.63, 3.8) is 0 Å². The lowest BCUT2D eigenvalue weighted by atomic mass is 9.63. The lowest BCUT2D eigenvalue weighted by Crippen LogP contribution is -2.39. The Morgan fingerprint density at radius 2 is 1.16 bits per heavy atom. The van der Waals surface area contributed by atoms with Gasteiger partial charge in [0.1, 0.15) is 11.4 Å². The molecule has 0 aliphatic heterocycles. The molecule has 2 aliphatic carbocycles. The van der Waals surface area contributed by atoms with Gasteiger partial charge in [0.2, 0.25) is 0 Å². The predicted molar refractivity (Wildman–Crippen MR) is 287 cm³/mol. The monoisotopic (exact) mass is 881 g/mol. The molecule has 2 N–H and O–H groups in total. The molecule has 3 nitrogen and oxygen atoms in total. The lowest BCUT2D eigenvalue weighted by Gasteiger charge is -2.39. The van der Waals surface area contributed by atoms with Crippen molar-refractivity contribution in [2.45, 2.75) is 38.2 Å². The second kappa shape index (κ2) is 18.4. The highest BCUT2D eigenvalue weighted by Crippen LogP contribution is 2.61. The summed E-state index contributed by atoms with van der Waals surface area (Å²) in [4.78, 5) is 2.25. The van der Waals surface area contributed by atoms with Crippen LogP contribution < -0.4 is 4.90 Å². The van der Waals surface area contributed by atoms with Crippen LogP contribution in [0.5, 0.6) is 0 Å². The molecule has 0 amide bonds. The van der Waals surface area contributed by atoms with Crippen LogP contribution in [0.4, 0.5) is 11.4 Å². The number of anilines is 2. The minimum Gasteiger partial charge on any atom is -0.508 e. The van der Waals surface area contributed by atoms with Crippen LogP contribution in [0.2, 0.25) is 0 Å². The minimum absolute atomic E-state index is 0.149. The summed E-state index contributed by atoms with van der Waals surface area (Å²) >= 11 is 0. The first-order chi connectivity index (χ1) is 33.2. The predicted octanol–water partition coefficient (Wildman–Crippen LogP) is 15.8. The van der Waals surface area contributed by atoms with Crippen LogP contribution in [0.1, 0.15) is 63.9 Å². The van der Waals surface area contributed by atoms with Gasteiger partial charge in [-0.15, -0.1) is 0 Å². The number of hydrogen-bond donors (Lipinski definition) is 2. The highest BCUT2D eigenvalue weighted by molar-refractivity contribution is 6.09. The van der Waals surface area contributed by atoms with Crippen LogP contribution in [0.15, 0.2) is 242 Å². The van der Waals surface area contributed by atoms with Crippen LogP contribution in [0.3, 0.4) is 0 Å². The molecule has 68 heavy (non-hydrogen) atoms. The Kier molecular flexibility index (Phi) is 11.9. The molecule has 0 aromatic heterocycles. The van der Waals surface area contributed by atoms with E-state index in [0.29, 0.717) is 0 Å². The van der Waals surface area contributed by atoms with Crippen LogP contribution in [0, 0.1) is 6.92 Å². The third-order valence-electron chi connectivity index (χ3n) is 13.9. The zero-order chi connectivity index (χ0) is 46.8. The van der Waals surface area contributed by atoms with E-state index in [1.807, 2.05) is 54.6 Å². The fourth-order valence-corrected chi connectivity index (χ4v) is 10.6. The second-order valence-electron chi connectivity index (χ2n) is 18.1. The maximum Gasteiger partial charge on any atom is 0.122 e. The van der Waals surface area contributed by atoms with E-state index < -0.39 is 11.0 Å². The van der Waals surface area contributed by atoms with Crippen molar-refractivity contribution in [2.24, 2.45) is 0 Å². The summed E-state index contributed by atoms with van der Waals surface area (Å²) in [5.41, 5.74) is 13.9. The first-order valence-electron chi connectivity index (χ1n) is 23.5. The highest BCUT2D eigenvalue weighted by Gasteiger charge is 2.56. The van der Waals surface area contributed by atoms with Crippen molar-refractivity contribution in [2.75, 3.05) is 11.9 Å². The van der Waals surface area contributed by atoms with Gasteiger partial charge in [-0.3, -0.25) is 0 Å². The SMILES string of the molecule is C/C=C(\C=C/c1ccccc1C)c1ccc(N(C)c2ccc(Cc3cc4ccccc4c4ccccc34)cc2)cc1.CC1(O)C=C(O)C2=C1C(c1ccccc1)(c1ccccc1)c1ccccc12. The topological polar surface area (TPSA) is 43.7 Å². The van der Waals surface area contributed by atoms with E-state index in [1.165, 1.54) is 66.3 Å².